The molecule has 5 nitrogen and oxygen atoms in total. The molecule has 0 atom stereocenters. The number of carbonyl (C=O) groups is 1. The van der Waals surface area contributed by atoms with Crippen LogP contribution in [0.5, 0.6) is 0 Å². The predicted molar refractivity (Wildman–Crippen MR) is 105 cm³/mol. The highest BCUT2D eigenvalue weighted by Crippen LogP contribution is 2.25. The number of halogens is 1. The first kappa shape index (κ1) is 17.9. The van der Waals surface area contributed by atoms with Crippen molar-refractivity contribution in [3.05, 3.63) is 77.2 Å². The van der Waals surface area contributed by atoms with Gasteiger partial charge in [0.25, 0.3) is 5.91 Å². The van der Waals surface area contributed by atoms with E-state index >= 15 is 0 Å². The maximum Gasteiger partial charge on any atom is 0.275 e. The third-order valence-corrected chi connectivity index (χ3v) is 4.18. The van der Waals surface area contributed by atoms with Gasteiger partial charge in [0.2, 0.25) is 0 Å². The number of amides is 1. The molecule has 132 valence electrons. The van der Waals surface area contributed by atoms with Gasteiger partial charge in [0.05, 0.1) is 23.1 Å². The third kappa shape index (κ3) is 4.18. The molecule has 0 spiro atoms. The summed E-state index contributed by atoms with van der Waals surface area (Å²) in [6.07, 6.45) is 2.94. The fraction of sp³-hybridized carbons (Fsp3) is 0.150. The Hall–Kier alpha value is -2.92. The number of benzene rings is 2. The van der Waals surface area contributed by atoms with Crippen LogP contribution in [0.15, 0.2) is 60.9 Å². The lowest BCUT2D eigenvalue weighted by atomic mass is 10.0. The topological polar surface area (TPSA) is 66.9 Å². The first-order valence-electron chi connectivity index (χ1n) is 8.28. The number of hydrogen-bond acceptors (Lipinski definition) is 4. The predicted octanol–water partition coefficient (Wildman–Crippen LogP) is 5.25. The molecule has 0 saturated heterocycles. The summed E-state index contributed by atoms with van der Waals surface area (Å²) >= 11 is 6.11. The number of para-hydroxylation sites is 2. The lowest BCUT2D eigenvalue weighted by Crippen LogP contribution is -2.15. The number of hydrogen-bond donors (Lipinski definition) is 2. The van der Waals surface area contributed by atoms with Gasteiger partial charge in [-0.15, -0.1) is 0 Å². The number of carbonyl (C=O) groups excluding carboxylic acids is 1. The van der Waals surface area contributed by atoms with E-state index in [2.05, 4.69) is 34.4 Å². The highest BCUT2D eigenvalue weighted by Gasteiger charge is 2.12. The molecule has 0 fully saturated rings. The van der Waals surface area contributed by atoms with Crippen molar-refractivity contribution >= 4 is 34.7 Å². The average Bonchev–Trinajstić information content (AvgIpc) is 2.64. The van der Waals surface area contributed by atoms with Crippen LogP contribution in [0.25, 0.3) is 0 Å². The maximum absolute atomic E-state index is 12.5. The molecule has 1 heterocycles. The number of nitrogens with zero attached hydrogens (tertiary/aromatic N) is 2. The number of rotatable bonds is 5. The van der Waals surface area contributed by atoms with E-state index in [-0.39, 0.29) is 11.6 Å². The zero-order chi connectivity index (χ0) is 18.5. The molecule has 0 radical (unpaired) electrons. The first-order chi connectivity index (χ1) is 12.5. The van der Waals surface area contributed by atoms with E-state index in [1.54, 1.807) is 6.07 Å². The van der Waals surface area contributed by atoms with Gasteiger partial charge in [-0.2, -0.15) is 0 Å². The molecule has 0 unspecified atom stereocenters. The monoisotopic (exact) mass is 366 g/mol. The second-order valence-electron chi connectivity index (χ2n) is 6.09. The third-order valence-electron chi connectivity index (χ3n) is 3.85. The van der Waals surface area contributed by atoms with Gasteiger partial charge in [0.15, 0.2) is 0 Å². The van der Waals surface area contributed by atoms with Gasteiger partial charge in [-0.3, -0.25) is 4.79 Å². The lowest BCUT2D eigenvalue weighted by molar-refractivity contribution is 0.102. The molecule has 2 N–H and O–H groups in total. The van der Waals surface area contributed by atoms with Gasteiger partial charge in [-0.25, -0.2) is 9.97 Å². The molecular weight excluding hydrogens is 348 g/mol. The highest BCUT2D eigenvalue weighted by atomic mass is 35.5. The van der Waals surface area contributed by atoms with Crippen molar-refractivity contribution in [3.8, 4) is 0 Å². The zero-order valence-corrected chi connectivity index (χ0v) is 15.3. The Kier molecular flexibility index (Phi) is 5.49. The van der Waals surface area contributed by atoms with Gasteiger partial charge in [0, 0.05) is 5.69 Å². The van der Waals surface area contributed by atoms with Crippen LogP contribution in [0.3, 0.4) is 0 Å². The molecule has 0 saturated carbocycles. The quantitative estimate of drug-likeness (QED) is 0.647. The van der Waals surface area contributed by atoms with E-state index in [4.69, 9.17) is 11.6 Å². The summed E-state index contributed by atoms with van der Waals surface area (Å²) in [5.74, 6) is 0.520. The molecule has 0 bridgehead atoms. The van der Waals surface area contributed by atoms with E-state index in [0.29, 0.717) is 16.8 Å². The van der Waals surface area contributed by atoms with Crippen molar-refractivity contribution in [2.24, 2.45) is 0 Å². The van der Waals surface area contributed by atoms with Gasteiger partial charge in [-0.1, -0.05) is 55.8 Å². The van der Waals surface area contributed by atoms with Crippen molar-refractivity contribution in [1.82, 2.24) is 9.97 Å². The summed E-state index contributed by atoms with van der Waals surface area (Å²) in [6.45, 7) is 4.17. The first-order valence-corrected chi connectivity index (χ1v) is 8.66. The van der Waals surface area contributed by atoms with Crippen LogP contribution in [0.1, 0.15) is 35.8 Å². The van der Waals surface area contributed by atoms with Crippen molar-refractivity contribution in [3.63, 3.8) is 0 Å². The Morgan fingerprint density at radius 3 is 2.31 bits per heavy atom. The number of nitrogens with one attached hydrogen (secondary N) is 2. The van der Waals surface area contributed by atoms with E-state index in [9.17, 15) is 4.79 Å². The Morgan fingerprint density at radius 2 is 1.65 bits per heavy atom. The lowest BCUT2D eigenvalue weighted by Gasteiger charge is -2.13. The molecule has 2 aromatic carbocycles. The van der Waals surface area contributed by atoms with Gasteiger partial charge >= 0.3 is 0 Å². The summed E-state index contributed by atoms with van der Waals surface area (Å²) < 4.78 is 0. The smallest absolute Gasteiger partial charge is 0.275 e. The van der Waals surface area contributed by atoms with E-state index < -0.39 is 0 Å². The standard InChI is InChI=1S/C20H19ClN4O/c1-13(2)14-7-3-5-9-16(14)25-20(26)18-11-23-19(12-22-18)24-17-10-6-4-8-15(17)21/h3-13H,1-2H3,(H,23,24)(H,25,26). The molecule has 6 heteroatoms. The SMILES string of the molecule is CC(C)c1ccccc1NC(=O)c1cnc(Nc2ccccc2Cl)cn1. The molecule has 0 aliphatic heterocycles. The molecule has 26 heavy (non-hydrogen) atoms. The van der Waals surface area contributed by atoms with Crippen molar-refractivity contribution < 1.29 is 4.79 Å². The van der Waals surface area contributed by atoms with Crippen LogP contribution >= 0.6 is 11.6 Å². The number of aromatic nitrogens is 2. The van der Waals surface area contributed by atoms with Crippen LogP contribution in [0.2, 0.25) is 5.02 Å². The van der Waals surface area contributed by atoms with Gasteiger partial charge in [-0.05, 0) is 29.7 Å². The normalized spacial score (nSPS) is 10.6. The molecule has 1 aromatic heterocycles. The van der Waals surface area contributed by atoms with E-state index in [0.717, 1.165) is 16.9 Å². The van der Waals surface area contributed by atoms with E-state index in [1.165, 1.54) is 12.4 Å². The second-order valence-corrected chi connectivity index (χ2v) is 6.50. The fourth-order valence-electron chi connectivity index (χ4n) is 2.51. The minimum atomic E-state index is -0.296. The van der Waals surface area contributed by atoms with Gasteiger partial charge < -0.3 is 10.6 Å². The Morgan fingerprint density at radius 1 is 0.962 bits per heavy atom. The van der Waals surface area contributed by atoms with Crippen molar-refractivity contribution in [1.29, 1.82) is 0 Å². The van der Waals surface area contributed by atoms with Crippen LogP contribution < -0.4 is 10.6 Å². The van der Waals surface area contributed by atoms with Gasteiger partial charge in [0.1, 0.15) is 11.5 Å². The van der Waals surface area contributed by atoms with Crippen LogP contribution in [0.4, 0.5) is 17.2 Å². The Balaban J connectivity index is 1.73. The summed E-state index contributed by atoms with van der Waals surface area (Å²) in [7, 11) is 0. The fourth-order valence-corrected chi connectivity index (χ4v) is 2.69. The molecule has 1 amide bonds. The van der Waals surface area contributed by atoms with Crippen molar-refractivity contribution in [2.45, 2.75) is 19.8 Å². The largest absolute Gasteiger partial charge is 0.338 e. The Bertz CT molecular complexity index is 910. The summed E-state index contributed by atoms with van der Waals surface area (Å²) in [5, 5.41) is 6.56. The van der Waals surface area contributed by atoms with Crippen LogP contribution in [-0.2, 0) is 0 Å². The van der Waals surface area contributed by atoms with Crippen LogP contribution in [-0.4, -0.2) is 15.9 Å². The highest BCUT2D eigenvalue weighted by molar-refractivity contribution is 6.33. The molecule has 0 aliphatic rings. The summed E-state index contributed by atoms with van der Waals surface area (Å²) in [6, 6.07) is 15.1. The van der Waals surface area contributed by atoms with Crippen molar-refractivity contribution in [2.75, 3.05) is 10.6 Å². The van der Waals surface area contributed by atoms with E-state index in [1.807, 2.05) is 42.5 Å². The molecule has 3 rings (SSSR count). The molecular formula is C20H19ClN4O. The Labute approximate surface area is 157 Å². The maximum atomic E-state index is 12.5. The summed E-state index contributed by atoms with van der Waals surface area (Å²) in [4.78, 5) is 20.9. The number of anilines is 3. The molecule has 0 aliphatic carbocycles. The van der Waals surface area contributed by atoms with Crippen LogP contribution in [0, 0.1) is 0 Å². The minimum Gasteiger partial charge on any atom is -0.338 e. The second kappa shape index (κ2) is 7.97. The minimum absolute atomic E-state index is 0.244. The summed E-state index contributed by atoms with van der Waals surface area (Å²) in [5.41, 5.74) is 2.83. The average molecular weight is 367 g/mol. The zero-order valence-electron chi connectivity index (χ0n) is 14.5. The molecule has 3 aromatic rings.